The normalized spacial score (nSPS) is 24.8. The van der Waals surface area contributed by atoms with Gasteiger partial charge in [-0.05, 0) is 12.8 Å². The van der Waals surface area contributed by atoms with Crippen LogP contribution in [0.25, 0.3) is 0 Å². The van der Waals surface area contributed by atoms with Crippen LogP contribution in [0.3, 0.4) is 0 Å². The molecule has 0 bridgehead atoms. The zero-order chi connectivity index (χ0) is 13.0. The number of aliphatic imine (C=N–C) groups is 1. The Hall–Kier alpha value is -1.30. The van der Waals surface area contributed by atoms with Crippen LogP contribution in [0.15, 0.2) is 4.99 Å². The van der Waals surface area contributed by atoms with E-state index in [9.17, 15) is 4.79 Å². The summed E-state index contributed by atoms with van der Waals surface area (Å²) in [5.74, 6) is 0.507. The van der Waals surface area contributed by atoms with Crippen LogP contribution in [0.5, 0.6) is 0 Å². The molecule has 2 unspecified atom stereocenters. The van der Waals surface area contributed by atoms with E-state index in [1.807, 2.05) is 14.1 Å². The second-order valence-corrected chi connectivity index (χ2v) is 4.65. The number of likely N-dealkylation sites (N-methyl/N-ethyl adjacent to an activating group) is 1. The standard InChI is InChI=1S/C11H22N4O2/c1-14(2)10(16)9-6-5-8(17-9)7-13-11(12)15(3)4/h8-9H,5-7H2,1-4H3,(H2,12,13). The van der Waals surface area contributed by atoms with Crippen molar-refractivity contribution in [1.29, 1.82) is 0 Å². The Balaban J connectivity index is 2.41. The molecule has 0 aromatic carbocycles. The van der Waals surface area contributed by atoms with Crippen molar-refractivity contribution in [2.45, 2.75) is 25.0 Å². The molecule has 1 aliphatic rings. The summed E-state index contributed by atoms with van der Waals surface area (Å²) in [7, 11) is 7.15. The molecule has 0 saturated carbocycles. The molecule has 1 amide bonds. The van der Waals surface area contributed by atoms with Gasteiger partial charge in [-0.25, -0.2) is 0 Å². The van der Waals surface area contributed by atoms with Gasteiger partial charge in [-0.15, -0.1) is 0 Å². The Morgan fingerprint density at radius 3 is 2.47 bits per heavy atom. The molecule has 6 heteroatoms. The SMILES string of the molecule is CN(C)C(=O)C1CCC(CN=C(N)N(C)C)O1. The van der Waals surface area contributed by atoms with Crippen LogP contribution in [0.1, 0.15) is 12.8 Å². The molecule has 0 spiro atoms. The van der Waals surface area contributed by atoms with Gasteiger partial charge in [-0.2, -0.15) is 0 Å². The van der Waals surface area contributed by atoms with E-state index in [4.69, 9.17) is 10.5 Å². The molecule has 0 aromatic heterocycles. The summed E-state index contributed by atoms with van der Waals surface area (Å²) >= 11 is 0. The van der Waals surface area contributed by atoms with Gasteiger partial charge in [0.2, 0.25) is 0 Å². The molecule has 0 aliphatic carbocycles. The second kappa shape index (κ2) is 5.86. The minimum Gasteiger partial charge on any atom is -0.370 e. The minimum absolute atomic E-state index is 0.00222. The molecular weight excluding hydrogens is 220 g/mol. The third-order valence-corrected chi connectivity index (χ3v) is 2.74. The first-order valence-corrected chi connectivity index (χ1v) is 5.75. The molecule has 1 rings (SSSR count). The van der Waals surface area contributed by atoms with E-state index in [1.54, 1.807) is 23.9 Å². The van der Waals surface area contributed by atoms with Gasteiger partial charge in [0.15, 0.2) is 5.96 Å². The van der Waals surface area contributed by atoms with E-state index in [0.29, 0.717) is 12.5 Å². The highest BCUT2D eigenvalue weighted by Gasteiger charge is 2.31. The molecule has 0 aromatic rings. The smallest absolute Gasteiger partial charge is 0.251 e. The van der Waals surface area contributed by atoms with Gasteiger partial charge in [0.25, 0.3) is 5.91 Å². The van der Waals surface area contributed by atoms with Crippen LogP contribution >= 0.6 is 0 Å². The summed E-state index contributed by atoms with van der Waals surface area (Å²) in [4.78, 5) is 19.2. The number of rotatable bonds is 3. The Kier molecular flexibility index (Phi) is 4.74. The summed E-state index contributed by atoms with van der Waals surface area (Å²) in [6, 6.07) is 0. The van der Waals surface area contributed by atoms with Gasteiger partial charge in [0.1, 0.15) is 6.10 Å². The molecule has 1 fully saturated rings. The quantitative estimate of drug-likeness (QED) is 0.535. The van der Waals surface area contributed by atoms with Crippen molar-refractivity contribution in [2.24, 2.45) is 10.7 Å². The van der Waals surface area contributed by atoms with E-state index in [0.717, 1.165) is 12.8 Å². The lowest BCUT2D eigenvalue weighted by Gasteiger charge is -2.17. The second-order valence-electron chi connectivity index (χ2n) is 4.65. The molecular formula is C11H22N4O2. The van der Waals surface area contributed by atoms with Gasteiger partial charge in [0.05, 0.1) is 12.6 Å². The molecule has 1 aliphatic heterocycles. The predicted molar refractivity (Wildman–Crippen MR) is 66.8 cm³/mol. The van der Waals surface area contributed by atoms with Crippen LogP contribution < -0.4 is 5.73 Å². The fourth-order valence-electron chi connectivity index (χ4n) is 1.65. The number of nitrogens with zero attached hydrogens (tertiary/aromatic N) is 3. The van der Waals surface area contributed by atoms with Crippen molar-refractivity contribution in [3.63, 3.8) is 0 Å². The molecule has 0 radical (unpaired) electrons. The zero-order valence-corrected chi connectivity index (χ0v) is 11.0. The highest BCUT2D eigenvalue weighted by atomic mass is 16.5. The lowest BCUT2D eigenvalue weighted by molar-refractivity contribution is -0.140. The summed E-state index contributed by atoms with van der Waals surface area (Å²) in [5, 5.41) is 0. The lowest BCUT2D eigenvalue weighted by Crippen LogP contribution is -2.34. The average molecular weight is 242 g/mol. The summed E-state index contributed by atoms with van der Waals surface area (Å²) in [5.41, 5.74) is 5.68. The molecule has 2 N–H and O–H groups in total. The van der Waals surface area contributed by atoms with E-state index in [-0.39, 0.29) is 18.1 Å². The summed E-state index contributed by atoms with van der Waals surface area (Å²) in [6.07, 6.45) is 1.31. The minimum atomic E-state index is -0.314. The highest BCUT2D eigenvalue weighted by molar-refractivity contribution is 5.80. The predicted octanol–water partition coefficient (Wildman–Crippen LogP) is -0.501. The van der Waals surface area contributed by atoms with Crippen molar-refractivity contribution in [1.82, 2.24) is 9.80 Å². The van der Waals surface area contributed by atoms with Crippen LogP contribution in [-0.2, 0) is 9.53 Å². The first kappa shape index (κ1) is 13.8. The Bertz CT molecular complexity index is 302. The van der Waals surface area contributed by atoms with Crippen molar-refractivity contribution >= 4 is 11.9 Å². The Morgan fingerprint density at radius 2 is 1.94 bits per heavy atom. The topological polar surface area (TPSA) is 71.2 Å². The number of amides is 1. The van der Waals surface area contributed by atoms with Crippen LogP contribution in [0.2, 0.25) is 0 Å². The fraction of sp³-hybridized carbons (Fsp3) is 0.818. The van der Waals surface area contributed by atoms with Crippen molar-refractivity contribution in [2.75, 3.05) is 34.7 Å². The summed E-state index contributed by atoms with van der Waals surface area (Å²) in [6.45, 7) is 0.515. The van der Waals surface area contributed by atoms with E-state index < -0.39 is 0 Å². The van der Waals surface area contributed by atoms with E-state index >= 15 is 0 Å². The maximum absolute atomic E-state index is 11.7. The molecule has 1 heterocycles. The summed E-state index contributed by atoms with van der Waals surface area (Å²) < 4.78 is 5.64. The number of carbonyl (C=O) groups excluding carboxylic acids is 1. The average Bonchev–Trinajstić information content (AvgIpc) is 2.72. The maximum Gasteiger partial charge on any atom is 0.251 e. The third-order valence-electron chi connectivity index (χ3n) is 2.74. The van der Waals surface area contributed by atoms with Crippen molar-refractivity contribution in [3.8, 4) is 0 Å². The van der Waals surface area contributed by atoms with Gasteiger partial charge < -0.3 is 20.3 Å². The highest BCUT2D eigenvalue weighted by Crippen LogP contribution is 2.21. The molecule has 6 nitrogen and oxygen atoms in total. The monoisotopic (exact) mass is 242 g/mol. The van der Waals surface area contributed by atoms with E-state index in [1.165, 1.54) is 0 Å². The number of guanidine groups is 1. The largest absolute Gasteiger partial charge is 0.370 e. The number of hydrogen-bond acceptors (Lipinski definition) is 3. The molecule has 2 atom stereocenters. The third kappa shape index (κ3) is 3.89. The Labute approximate surface area is 102 Å². The lowest BCUT2D eigenvalue weighted by atomic mass is 10.2. The Morgan fingerprint density at radius 1 is 1.29 bits per heavy atom. The zero-order valence-electron chi connectivity index (χ0n) is 11.0. The molecule has 98 valence electrons. The number of hydrogen-bond donors (Lipinski definition) is 1. The van der Waals surface area contributed by atoms with Gasteiger partial charge in [-0.1, -0.05) is 0 Å². The number of carbonyl (C=O) groups is 1. The van der Waals surface area contributed by atoms with Crippen molar-refractivity contribution in [3.05, 3.63) is 0 Å². The number of ether oxygens (including phenoxy) is 1. The fourth-order valence-corrected chi connectivity index (χ4v) is 1.65. The maximum atomic E-state index is 11.7. The van der Waals surface area contributed by atoms with Crippen molar-refractivity contribution < 1.29 is 9.53 Å². The van der Waals surface area contributed by atoms with Gasteiger partial charge in [0, 0.05) is 28.2 Å². The number of nitrogens with two attached hydrogens (primary N) is 1. The van der Waals surface area contributed by atoms with Gasteiger partial charge in [-0.3, -0.25) is 9.79 Å². The first-order valence-electron chi connectivity index (χ1n) is 5.75. The molecule has 17 heavy (non-hydrogen) atoms. The van der Waals surface area contributed by atoms with Crippen LogP contribution in [-0.4, -0.2) is 68.6 Å². The van der Waals surface area contributed by atoms with Crippen LogP contribution in [0, 0.1) is 0 Å². The van der Waals surface area contributed by atoms with E-state index in [2.05, 4.69) is 4.99 Å². The molecule has 1 saturated heterocycles. The van der Waals surface area contributed by atoms with Gasteiger partial charge >= 0.3 is 0 Å². The van der Waals surface area contributed by atoms with Crippen LogP contribution in [0.4, 0.5) is 0 Å². The first-order chi connectivity index (χ1) is 7.91.